The fourth-order valence-electron chi connectivity index (χ4n) is 1.36. The van der Waals surface area contributed by atoms with E-state index >= 15 is 0 Å². The van der Waals surface area contributed by atoms with Gasteiger partial charge in [0.15, 0.2) is 0 Å². The SMILES string of the molecule is CS(=O)(=O)NCCNC(=O)c1ccc(C#CCO)cc1. The molecule has 0 radical (unpaired) electrons. The zero-order valence-corrected chi connectivity index (χ0v) is 11.8. The third kappa shape index (κ3) is 6.33. The topological polar surface area (TPSA) is 95.5 Å². The highest BCUT2D eigenvalue weighted by molar-refractivity contribution is 7.88. The van der Waals surface area contributed by atoms with Gasteiger partial charge in [0.2, 0.25) is 10.0 Å². The zero-order chi connectivity index (χ0) is 15.0. The van der Waals surface area contributed by atoms with Gasteiger partial charge in [-0.15, -0.1) is 0 Å². The van der Waals surface area contributed by atoms with Gasteiger partial charge in [-0.3, -0.25) is 4.79 Å². The molecule has 0 heterocycles. The largest absolute Gasteiger partial charge is 0.384 e. The van der Waals surface area contributed by atoms with Gasteiger partial charge in [-0.2, -0.15) is 0 Å². The van der Waals surface area contributed by atoms with Crippen molar-refractivity contribution >= 4 is 15.9 Å². The summed E-state index contributed by atoms with van der Waals surface area (Å²) < 4.78 is 23.9. The van der Waals surface area contributed by atoms with Gasteiger partial charge >= 0.3 is 0 Å². The number of hydrogen-bond donors (Lipinski definition) is 3. The normalized spacial score (nSPS) is 10.5. The first-order valence-electron chi connectivity index (χ1n) is 5.85. The van der Waals surface area contributed by atoms with E-state index in [1.165, 1.54) is 0 Å². The number of benzene rings is 1. The van der Waals surface area contributed by atoms with Crippen LogP contribution in [-0.4, -0.2) is 45.4 Å². The molecule has 0 bridgehead atoms. The highest BCUT2D eigenvalue weighted by Crippen LogP contribution is 2.03. The van der Waals surface area contributed by atoms with Gasteiger partial charge in [-0.25, -0.2) is 13.1 Å². The van der Waals surface area contributed by atoms with E-state index in [9.17, 15) is 13.2 Å². The first-order valence-corrected chi connectivity index (χ1v) is 7.74. The third-order valence-electron chi connectivity index (χ3n) is 2.23. The minimum Gasteiger partial charge on any atom is -0.384 e. The molecule has 0 aliphatic carbocycles. The summed E-state index contributed by atoms with van der Waals surface area (Å²) in [6, 6.07) is 6.57. The van der Waals surface area contributed by atoms with E-state index < -0.39 is 10.0 Å². The molecule has 0 spiro atoms. The van der Waals surface area contributed by atoms with Crippen molar-refractivity contribution < 1.29 is 18.3 Å². The molecular formula is C13H16N2O4S. The average Bonchev–Trinajstić information content (AvgIpc) is 2.40. The number of amides is 1. The Bertz CT molecular complexity index is 612. The Balaban J connectivity index is 2.48. The van der Waals surface area contributed by atoms with E-state index in [-0.39, 0.29) is 25.6 Å². The highest BCUT2D eigenvalue weighted by Gasteiger charge is 2.05. The predicted octanol–water partition coefficient (Wildman–Crippen LogP) is -0.691. The standard InChI is InChI=1S/C13H16N2O4S/c1-20(18,19)15-9-8-14-13(17)12-6-4-11(5-7-12)3-2-10-16/h4-7,15-16H,8-10H2,1H3,(H,14,17). The van der Waals surface area contributed by atoms with Crippen molar-refractivity contribution in [2.24, 2.45) is 0 Å². The van der Waals surface area contributed by atoms with Gasteiger partial charge in [0.05, 0.1) is 6.26 Å². The molecular weight excluding hydrogens is 280 g/mol. The monoisotopic (exact) mass is 296 g/mol. The third-order valence-corrected chi connectivity index (χ3v) is 2.96. The van der Waals surface area contributed by atoms with Crippen LogP contribution in [-0.2, 0) is 10.0 Å². The van der Waals surface area contributed by atoms with Crippen LogP contribution in [0.15, 0.2) is 24.3 Å². The number of aliphatic hydroxyl groups is 1. The summed E-state index contributed by atoms with van der Waals surface area (Å²) in [6.07, 6.45) is 1.06. The van der Waals surface area contributed by atoms with Crippen LogP contribution in [0.5, 0.6) is 0 Å². The molecule has 7 heteroatoms. The van der Waals surface area contributed by atoms with Crippen molar-refractivity contribution in [3.8, 4) is 11.8 Å². The highest BCUT2D eigenvalue weighted by atomic mass is 32.2. The maximum absolute atomic E-state index is 11.7. The van der Waals surface area contributed by atoms with Crippen LogP contribution in [0.1, 0.15) is 15.9 Å². The van der Waals surface area contributed by atoms with Crippen molar-refractivity contribution in [3.05, 3.63) is 35.4 Å². The van der Waals surface area contributed by atoms with Gasteiger partial charge < -0.3 is 10.4 Å². The minimum atomic E-state index is -3.24. The van der Waals surface area contributed by atoms with Crippen LogP contribution in [0.2, 0.25) is 0 Å². The molecule has 0 saturated carbocycles. The number of hydrogen-bond acceptors (Lipinski definition) is 4. The Morgan fingerprint density at radius 3 is 2.45 bits per heavy atom. The molecule has 0 saturated heterocycles. The lowest BCUT2D eigenvalue weighted by atomic mass is 10.1. The molecule has 108 valence electrons. The van der Waals surface area contributed by atoms with Crippen molar-refractivity contribution in [3.63, 3.8) is 0 Å². The van der Waals surface area contributed by atoms with Gasteiger partial charge in [-0.05, 0) is 24.3 Å². The molecule has 1 amide bonds. The molecule has 20 heavy (non-hydrogen) atoms. The lowest BCUT2D eigenvalue weighted by Crippen LogP contribution is -2.34. The van der Waals surface area contributed by atoms with Gasteiger partial charge in [0, 0.05) is 24.2 Å². The Morgan fingerprint density at radius 2 is 1.90 bits per heavy atom. The maximum atomic E-state index is 11.7. The Kier molecular flexibility index (Phi) is 6.18. The molecule has 0 aromatic heterocycles. The summed E-state index contributed by atoms with van der Waals surface area (Å²) in [4.78, 5) is 11.7. The molecule has 1 rings (SSSR count). The van der Waals surface area contributed by atoms with E-state index in [1.54, 1.807) is 24.3 Å². The second-order valence-corrected chi connectivity index (χ2v) is 5.79. The summed E-state index contributed by atoms with van der Waals surface area (Å²) in [6.45, 7) is 0.137. The van der Waals surface area contributed by atoms with Crippen LogP contribution in [0.3, 0.4) is 0 Å². The molecule has 0 aliphatic rings. The molecule has 0 fully saturated rings. The molecule has 1 aromatic carbocycles. The summed E-state index contributed by atoms with van der Waals surface area (Å²) in [5.74, 6) is 4.94. The van der Waals surface area contributed by atoms with Crippen molar-refractivity contribution in [1.82, 2.24) is 10.0 Å². The van der Waals surface area contributed by atoms with E-state index in [0.717, 1.165) is 6.26 Å². The van der Waals surface area contributed by atoms with Gasteiger partial charge in [0.25, 0.3) is 5.91 Å². The number of carbonyl (C=O) groups is 1. The average molecular weight is 296 g/mol. The number of carbonyl (C=O) groups excluding carboxylic acids is 1. The molecule has 6 nitrogen and oxygen atoms in total. The summed E-state index contributed by atoms with van der Waals surface area (Å²) in [5, 5.41) is 11.2. The quantitative estimate of drug-likeness (QED) is 0.495. The van der Waals surface area contributed by atoms with Crippen LogP contribution >= 0.6 is 0 Å². The lowest BCUT2D eigenvalue weighted by molar-refractivity contribution is 0.0954. The van der Waals surface area contributed by atoms with Crippen molar-refractivity contribution in [2.45, 2.75) is 0 Å². The second-order valence-electron chi connectivity index (χ2n) is 3.96. The van der Waals surface area contributed by atoms with E-state index in [2.05, 4.69) is 21.9 Å². The van der Waals surface area contributed by atoms with E-state index in [0.29, 0.717) is 11.1 Å². The fraction of sp³-hybridized carbons (Fsp3) is 0.308. The summed E-state index contributed by atoms with van der Waals surface area (Å²) in [7, 11) is -3.24. The van der Waals surface area contributed by atoms with Gasteiger partial charge in [-0.1, -0.05) is 11.8 Å². The van der Waals surface area contributed by atoms with Crippen LogP contribution in [0, 0.1) is 11.8 Å². The Morgan fingerprint density at radius 1 is 1.25 bits per heavy atom. The van der Waals surface area contributed by atoms with Gasteiger partial charge in [0.1, 0.15) is 6.61 Å². The first kappa shape index (κ1) is 16.2. The van der Waals surface area contributed by atoms with Crippen LogP contribution in [0.25, 0.3) is 0 Å². The van der Waals surface area contributed by atoms with Crippen LogP contribution < -0.4 is 10.0 Å². The molecule has 0 aliphatic heterocycles. The second kappa shape index (κ2) is 7.65. The summed E-state index contributed by atoms with van der Waals surface area (Å²) in [5.41, 5.74) is 1.16. The number of nitrogens with one attached hydrogen (secondary N) is 2. The number of aliphatic hydroxyl groups excluding tert-OH is 1. The Hall–Kier alpha value is -1.88. The van der Waals surface area contributed by atoms with E-state index in [4.69, 9.17) is 5.11 Å². The van der Waals surface area contributed by atoms with Crippen molar-refractivity contribution in [2.75, 3.05) is 26.0 Å². The van der Waals surface area contributed by atoms with Crippen LogP contribution in [0.4, 0.5) is 0 Å². The molecule has 0 atom stereocenters. The smallest absolute Gasteiger partial charge is 0.251 e. The first-order chi connectivity index (χ1) is 9.42. The Labute approximate surface area is 118 Å². The number of sulfonamides is 1. The van der Waals surface area contributed by atoms with Crippen molar-refractivity contribution in [1.29, 1.82) is 0 Å². The lowest BCUT2D eigenvalue weighted by Gasteiger charge is -2.05. The minimum absolute atomic E-state index is 0.143. The summed E-state index contributed by atoms with van der Waals surface area (Å²) >= 11 is 0. The van der Waals surface area contributed by atoms with E-state index in [1.807, 2.05) is 0 Å². The predicted molar refractivity (Wildman–Crippen MR) is 75.6 cm³/mol. The molecule has 0 unspecified atom stereocenters. The maximum Gasteiger partial charge on any atom is 0.251 e. The molecule has 3 N–H and O–H groups in total. The fourth-order valence-corrected chi connectivity index (χ4v) is 1.83. The molecule has 1 aromatic rings. The number of rotatable bonds is 5. The zero-order valence-electron chi connectivity index (χ0n) is 11.0.